The fraction of sp³-hybridized carbons (Fsp3) is 0.321. The Bertz CT molecular complexity index is 1230. The number of nitrogen functional groups attached to an aromatic ring is 1. The van der Waals surface area contributed by atoms with Gasteiger partial charge in [-0.3, -0.25) is 0 Å². The van der Waals surface area contributed by atoms with E-state index in [1.165, 1.54) is 36.0 Å². The summed E-state index contributed by atoms with van der Waals surface area (Å²) >= 11 is 14.3. The number of ether oxygens (including phenoxy) is 3. The van der Waals surface area contributed by atoms with Gasteiger partial charge in [0, 0.05) is 27.1 Å². The van der Waals surface area contributed by atoms with Gasteiger partial charge in [-0.15, -0.1) is 11.8 Å². The fourth-order valence-corrected chi connectivity index (χ4v) is 4.51. The molecule has 0 spiro atoms. The van der Waals surface area contributed by atoms with E-state index in [4.69, 9.17) is 38.4 Å². The van der Waals surface area contributed by atoms with E-state index in [0.717, 1.165) is 17.7 Å². The number of carbonyl (C=O) groups excluding carboxylic acids is 1. The molecule has 1 fully saturated rings. The number of rotatable bonds is 13. The minimum atomic E-state index is -3.03. The predicted molar refractivity (Wildman–Crippen MR) is 149 cm³/mol. The highest BCUT2D eigenvalue weighted by Gasteiger charge is 2.26. The van der Waals surface area contributed by atoms with E-state index in [2.05, 4.69) is 11.3 Å². The second-order valence-corrected chi connectivity index (χ2v) is 10.2. The third-order valence-electron chi connectivity index (χ3n) is 5.84. The number of thioether (sulfide) groups is 1. The third-order valence-corrected chi connectivity index (χ3v) is 7.48. The highest BCUT2D eigenvalue weighted by Crippen LogP contribution is 2.39. The smallest absolute Gasteiger partial charge is 0.387 e. The predicted octanol–water partition coefficient (Wildman–Crippen LogP) is 8.49. The molecular formula is C28H29Cl2F2NO4S. The van der Waals surface area contributed by atoms with Crippen molar-refractivity contribution in [2.45, 2.75) is 43.8 Å². The minimum absolute atomic E-state index is 0.0786. The van der Waals surface area contributed by atoms with Crippen LogP contribution < -0.4 is 15.2 Å². The lowest BCUT2D eigenvalue weighted by Crippen LogP contribution is -2.14. The van der Waals surface area contributed by atoms with E-state index < -0.39 is 18.7 Å². The lowest BCUT2D eigenvalue weighted by atomic mass is 9.99. The van der Waals surface area contributed by atoms with Crippen molar-refractivity contribution in [3.63, 3.8) is 0 Å². The maximum absolute atomic E-state index is 13.2. The highest BCUT2D eigenvalue weighted by atomic mass is 35.5. The Morgan fingerprint density at radius 2 is 1.95 bits per heavy atom. The molecule has 0 aromatic heterocycles. The second kappa shape index (κ2) is 13.9. The summed E-state index contributed by atoms with van der Waals surface area (Å²) in [6.07, 6.45) is 6.17. The van der Waals surface area contributed by atoms with Gasteiger partial charge >= 0.3 is 12.6 Å². The number of carbonyl (C=O) groups is 1. The molecule has 1 aliphatic carbocycles. The summed E-state index contributed by atoms with van der Waals surface area (Å²) in [7, 11) is 0. The summed E-state index contributed by atoms with van der Waals surface area (Å²) in [6, 6.07) is 9.34. The quantitative estimate of drug-likeness (QED) is 0.110. The Kier molecular flexibility index (Phi) is 10.9. The number of allylic oxidation sites excluding steroid dienone is 4. The zero-order chi connectivity index (χ0) is 27.8. The van der Waals surface area contributed by atoms with Gasteiger partial charge in [0.15, 0.2) is 11.5 Å². The van der Waals surface area contributed by atoms with Crippen molar-refractivity contribution in [3.05, 3.63) is 81.9 Å². The molecule has 3 rings (SSSR count). The molecule has 0 radical (unpaired) electrons. The number of benzene rings is 2. The Hall–Kier alpha value is -2.68. The van der Waals surface area contributed by atoms with Gasteiger partial charge in [0.25, 0.3) is 0 Å². The molecule has 1 atom stereocenters. The SMILES string of the molecule is C=C/C(Cl)=C(C[C@H](OC(=O)c1ccc(SC)c(N)c1)c1ccc(OC(F)F)c(OCC2CC2)c1)\C(Cl)=C/C. The number of hydrogen-bond acceptors (Lipinski definition) is 6. The second-order valence-electron chi connectivity index (χ2n) is 8.56. The zero-order valence-electron chi connectivity index (χ0n) is 21.0. The van der Waals surface area contributed by atoms with Crippen LogP contribution in [-0.4, -0.2) is 25.4 Å². The van der Waals surface area contributed by atoms with E-state index in [0.29, 0.717) is 34.4 Å². The normalized spacial score (nSPS) is 15.1. The Morgan fingerprint density at radius 1 is 1.21 bits per heavy atom. The Balaban J connectivity index is 2.01. The topological polar surface area (TPSA) is 70.8 Å². The van der Waals surface area contributed by atoms with E-state index in [1.807, 2.05) is 6.26 Å². The van der Waals surface area contributed by atoms with Crippen LogP contribution in [0.4, 0.5) is 14.5 Å². The first-order chi connectivity index (χ1) is 18.2. The first-order valence-electron chi connectivity index (χ1n) is 11.9. The lowest BCUT2D eigenvalue weighted by Gasteiger charge is -2.22. The molecular weight excluding hydrogens is 555 g/mol. The molecule has 10 heteroatoms. The van der Waals surface area contributed by atoms with E-state index >= 15 is 0 Å². The van der Waals surface area contributed by atoms with Crippen LogP contribution in [0.1, 0.15) is 48.2 Å². The summed E-state index contributed by atoms with van der Waals surface area (Å²) in [5.41, 5.74) is 7.74. The molecule has 204 valence electrons. The summed E-state index contributed by atoms with van der Waals surface area (Å²) in [5, 5.41) is 0.637. The Labute approximate surface area is 235 Å². The molecule has 2 N–H and O–H groups in total. The van der Waals surface area contributed by atoms with Crippen LogP contribution in [0, 0.1) is 5.92 Å². The number of nitrogens with two attached hydrogens (primary N) is 1. The number of esters is 1. The molecule has 0 unspecified atom stereocenters. The van der Waals surface area contributed by atoms with Gasteiger partial charge in [-0.25, -0.2) is 4.79 Å². The first-order valence-corrected chi connectivity index (χ1v) is 13.8. The molecule has 0 heterocycles. The van der Waals surface area contributed by atoms with Gasteiger partial charge in [-0.05, 0) is 73.4 Å². The van der Waals surface area contributed by atoms with Crippen LogP contribution >= 0.6 is 35.0 Å². The molecule has 2 aromatic rings. The van der Waals surface area contributed by atoms with Crippen molar-refractivity contribution < 1.29 is 27.8 Å². The molecule has 0 bridgehead atoms. The van der Waals surface area contributed by atoms with E-state index in [1.54, 1.807) is 31.2 Å². The zero-order valence-corrected chi connectivity index (χ0v) is 23.3. The average molecular weight is 585 g/mol. The summed E-state index contributed by atoms with van der Waals surface area (Å²) in [4.78, 5) is 14.0. The van der Waals surface area contributed by atoms with Crippen LogP contribution in [0.2, 0.25) is 0 Å². The molecule has 0 aliphatic heterocycles. The standard InChI is InChI=1S/C28H29Cl2F2NO4S/c1-4-20(29)19(21(30)5-2)14-24(36-27(34)18-9-11-26(38-3)22(33)12-18)17-8-10-23(37-28(31)32)25(13-17)35-15-16-6-7-16/h4-5,8-13,16,24,28H,1,6-7,14-15,33H2,2-3H3/b20-19+,21-5+/t24-/m0/s1. The fourth-order valence-electron chi connectivity index (χ4n) is 3.60. The van der Waals surface area contributed by atoms with Gasteiger partial charge < -0.3 is 19.9 Å². The molecule has 0 amide bonds. The van der Waals surface area contributed by atoms with Crippen molar-refractivity contribution in [3.8, 4) is 11.5 Å². The third kappa shape index (κ3) is 8.16. The van der Waals surface area contributed by atoms with Gasteiger partial charge in [-0.1, -0.05) is 48.0 Å². The largest absolute Gasteiger partial charge is 0.489 e. The highest BCUT2D eigenvalue weighted by molar-refractivity contribution is 7.98. The van der Waals surface area contributed by atoms with E-state index in [9.17, 15) is 13.6 Å². The summed E-state index contributed by atoms with van der Waals surface area (Å²) < 4.78 is 42.5. The number of halogens is 4. The molecule has 2 aromatic carbocycles. The Morgan fingerprint density at radius 3 is 2.53 bits per heavy atom. The molecule has 1 saturated carbocycles. The van der Waals surface area contributed by atoms with Crippen LogP contribution in [0.25, 0.3) is 0 Å². The van der Waals surface area contributed by atoms with Crippen LogP contribution in [0.15, 0.2) is 75.7 Å². The van der Waals surface area contributed by atoms with Crippen LogP contribution in [0.3, 0.4) is 0 Å². The van der Waals surface area contributed by atoms with Crippen molar-refractivity contribution in [1.82, 2.24) is 0 Å². The minimum Gasteiger partial charge on any atom is -0.489 e. The van der Waals surface area contributed by atoms with Crippen molar-refractivity contribution >= 4 is 46.6 Å². The lowest BCUT2D eigenvalue weighted by molar-refractivity contribution is -0.0515. The first kappa shape index (κ1) is 29.9. The van der Waals surface area contributed by atoms with Crippen molar-refractivity contribution in [2.24, 2.45) is 5.92 Å². The van der Waals surface area contributed by atoms with E-state index in [-0.39, 0.29) is 28.5 Å². The van der Waals surface area contributed by atoms with Gasteiger partial charge in [-0.2, -0.15) is 8.78 Å². The monoisotopic (exact) mass is 583 g/mol. The number of hydrogen-bond donors (Lipinski definition) is 1. The average Bonchev–Trinajstić information content (AvgIpc) is 3.73. The maximum atomic E-state index is 13.2. The van der Waals surface area contributed by atoms with Gasteiger partial charge in [0.2, 0.25) is 0 Å². The number of anilines is 1. The summed E-state index contributed by atoms with van der Waals surface area (Å²) in [6.45, 7) is 2.79. The molecule has 1 aliphatic rings. The summed E-state index contributed by atoms with van der Waals surface area (Å²) in [5.74, 6) is -0.243. The molecule has 38 heavy (non-hydrogen) atoms. The van der Waals surface area contributed by atoms with Crippen LogP contribution in [-0.2, 0) is 4.74 Å². The number of alkyl halides is 2. The molecule has 5 nitrogen and oxygen atoms in total. The van der Waals surface area contributed by atoms with Crippen molar-refractivity contribution in [2.75, 3.05) is 18.6 Å². The van der Waals surface area contributed by atoms with Gasteiger partial charge in [0.05, 0.1) is 12.2 Å². The van der Waals surface area contributed by atoms with Crippen LogP contribution in [0.5, 0.6) is 11.5 Å². The van der Waals surface area contributed by atoms with Crippen molar-refractivity contribution in [1.29, 1.82) is 0 Å². The van der Waals surface area contributed by atoms with Gasteiger partial charge in [0.1, 0.15) is 6.10 Å². The molecule has 0 saturated heterocycles. The maximum Gasteiger partial charge on any atom is 0.387 e.